The highest BCUT2D eigenvalue weighted by Gasteiger charge is 2.35. The van der Waals surface area contributed by atoms with Gasteiger partial charge in [0.25, 0.3) is 0 Å². The maximum absolute atomic E-state index is 5.95. The highest BCUT2D eigenvalue weighted by molar-refractivity contribution is 6.32. The summed E-state index contributed by atoms with van der Waals surface area (Å²) in [4.78, 5) is 0. The predicted molar refractivity (Wildman–Crippen MR) is 65.4 cm³/mol. The number of anilines is 1. The fourth-order valence-electron chi connectivity index (χ4n) is 3.06. The van der Waals surface area contributed by atoms with Gasteiger partial charge in [-0.05, 0) is 37.5 Å². The Morgan fingerprint density at radius 3 is 2.69 bits per heavy atom. The summed E-state index contributed by atoms with van der Waals surface area (Å²) in [5, 5.41) is 4.90. The Kier molecular flexibility index (Phi) is 2.58. The number of nitrogens with zero attached hydrogens (tertiary/aromatic N) is 2. The molecule has 0 spiro atoms. The molecule has 16 heavy (non-hydrogen) atoms. The molecule has 2 fully saturated rings. The first-order chi connectivity index (χ1) is 7.75. The molecule has 1 heterocycles. The number of aromatic nitrogens is 2. The molecule has 1 aromatic rings. The minimum atomic E-state index is 0.479. The maximum Gasteiger partial charge on any atom is 0.140 e. The van der Waals surface area contributed by atoms with Gasteiger partial charge < -0.3 is 5.73 Å². The van der Waals surface area contributed by atoms with Gasteiger partial charge in [0.05, 0.1) is 12.2 Å². The number of nitrogens with two attached hydrogens (primary N) is 1. The van der Waals surface area contributed by atoms with E-state index in [1.54, 1.807) is 6.20 Å². The number of nitrogen functional groups attached to an aromatic ring is 1. The van der Waals surface area contributed by atoms with E-state index in [0.717, 1.165) is 11.8 Å². The molecule has 2 saturated carbocycles. The SMILES string of the molecule is Nc1c(Cl)cnn1C1CCCC(C2CC2)C1. The first-order valence-corrected chi connectivity index (χ1v) is 6.62. The minimum Gasteiger partial charge on any atom is -0.383 e. The van der Waals surface area contributed by atoms with Crippen LogP contribution in [0.2, 0.25) is 5.02 Å². The zero-order valence-electron chi connectivity index (χ0n) is 9.40. The average molecular weight is 240 g/mol. The van der Waals surface area contributed by atoms with Crippen molar-refractivity contribution < 1.29 is 0 Å². The standard InChI is InChI=1S/C12H18ClN3/c13-11-7-15-16(12(11)14)10-3-1-2-9(6-10)8-4-5-8/h7-10H,1-6,14H2. The molecule has 0 saturated heterocycles. The Hall–Kier alpha value is -0.700. The molecule has 88 valence electrons. The van der Waals surface area contributed by atoms with Gasteiger partial charge in [0, 0.05) is 0 Å². The fraction of sp³-hybridized carbons (Fsp3) is 0.750. The zero-order valence-corrected chi connectivity index (χ0v) is 10.2. The van der Waals surface area contributed by atoms with Gasteiger partial charge in [0.2, 0.25) is 0 Å². The first kappa shape index (κ1) is 10.5. The number of hydrogen-bond acceptors (Lipinski definition) is 2. The molecule has 0 radical (unpaired) electrons. The van der Waals surface area contributed by atoms with E-state index in [-0.39, 0.29) is 0 Å². The molecule has 2 aliphatic carbocycles. The van der Waals surface area contributed by atoms with Crippen LogP contribution in [0.1, 0.15) is 44.6 Å². The van der Waals surface area contributed by atoms with Crippen LogP contribution < -0.4 is 5.73 Å². The summed E-state index contributed by atoms with van der Waals surface area (Å²) in [5.74, 6) is 2.54. The van der Waals surface area contributed by atoms with E-state index in [2.05, 4.69) is 5.10 Å². The summed E-state index contributed by atoms with van der Waals surface area (Å²) in [7, 11) is 0. The first-order valence-electron chi connectivity index (χ1n) is 6.24. The van der Waals surface area contributed by atoms with Crippen molar-refractivity contribution in [3.05, 3.63) is 11.2 Å². The van der Waals surface area contributed by atoms with Gasteiger partial charge in [-0.1, -0.05) is 24.4 Å². The molecule has 0 bridgehead atoms. The van der Waals surface area contributed by atoms with E-state index >= 15 is 0 Å². The van der Waals surface area contributed by atoms with Gasteiger partial charge in [-0.15, -0.1) is 0 Å². The van der Waals surface area contributed by atoms with Crippen LogP contribution in [0.4, 0.5) is 5.82 Å². The van der Waals surface area contributed by atoms with Crippen molar-refractivity contribution >= 4 is 17.4 Å². The lowest BCUT2D eigenvalue weighted by atomic mass is 9.83. The van der Waals surface area contributed by atoms with E-state index in [4.69, 9.17) is 17.3 Å². The quantitative estimate of drug-likeness (QED) is 0.861. The van der Waals surface area contributed by atoms with E-state index < -0.39 is 0 Å². The van der Waals surface area contributed by atoms with Crippen molar-refractivity contribution in [2.24, 2.45) is 11.8 Å². The normalized spacial score (nSPS) is 30.6. The highest BCUT2D eigenvalue weighted by atomic mass is 35.5. The second kappa shape index (κ2) is 3.95. The minimum absolute atomic E-state index is 0.479. The van der Waals surface area contributed by atoms with Crippen LogP contribution in [0.5, 0.6) is 0 Å². The van der Waals surface area contributed by atoms with Crippen molar-refractivity contribution in [1.82, 2.24) is 9.78 Å². The summed E-state index contributed by atoms with van der Waals surface area (Å²) in [6, 6.07) is 0.479. The van der Waals surface area contributed by atoms with Crippen LogP contribution in [-0.2, 0) is 0 Å². The molecule has 1 aromatic heterocycles. The molecule has 2 N–H and O–H groups in total. The van der Waals surface area contributed by atoms with Crippen molar-refractivity contribution in [2.45, 2.75) is 44.6 Å². The Bertz CT molecular complexity index is 384. The number of halogens is 1. The van der Waals surface area contributed by atoms with Gasteiger partial charge in [-0.3, -0.25) is 0 Å². The summed E-state index contributed by atoms with van der Waals surface area (Å²) >= 11 is 5.95. The van der Waals surface area contributed by atoms with E-state index in [9.17, 15) is 0 Å². The summed E-state index contributed by atoms with van der Waals surface area (Å²) in [6.45, 7) is 0. The van der Waals surface area contributed by atoms with Gasteiger partial charge in [0.15, 0.2) is 0 Å². The van der Waals surface area contributed by atoms with E-state index in [0.29, 0.717) is 16.9 Å². The van der Waals surface area contributed by atoms with Gasteiger partial charge in [0.1, 0.15) is 10.8 Å². The Morgan fingerprint density at radius 2 is 2.06 bits per heavy atom. The van der Waals surface area contributed by atoms with Crippen molar-refractivity contribution in [3.8, 4) is 0 Å². The summed E-state index contributed by atoms with van der Waals surface area (Å²) in [5.41, 5.74) is 5.94. The Labute approximate surface area is 101 Å². The smallest absolute Gasteiger partial charge is 0.140 e. The topological polar surface area (TPSA) is 43.8 Å². The molecule has 2 atom stereocenters. The monoisotopic (exact) mass is 239 g/mol. The van der Waals surface area contributed by atoms with Crippen molar-refractivity contribution in [2.75, 3.05) is 5.73 Å². The molecular weight excluding hydrogens is 222 g/mol. The average Bonchev–Trinajstić information content (AvgIpc) is 3.08. The van der Waals surface area contributed by atoms with Gasteiger partial charge in [-0.2, -0.15) is 5.10 Å². The van der Waals surface area contributed by atoms with Crippen LogP contribution in [0.25, 0.3) is 0 Å². The second-order valence-electron chi connectivity index (χ2n) is 5.24. The molecule has 0 aromatic carbocycles. The molecule has 2 unspecified atom stereocenters. The molecule has 3 rings (SSSR count). The fourth-order valence-corrected chi connectivity index (χ4v) is 3.19. The number of hydrogen-bond donors (Lipinski definition) is 1. The summed E-state index contributed by atoms with van der Waals surface area (Å²) < 4.78 is 1.94. The lowest BCUT2D eigenvalue weighted by Crippen LogP contribution is -2.22. The largest absolute Gasteiger partial charge is 0.383 e. The third-order valence-electron chi connectivity index (χ3n) is 4.11. The van der Waals surface area contributed by atoms with Crippen LogP contribution in [0.15, 0.2) is 6.20 Å². The van der Waals surface area contributed by atoms with Crippen LogP contribution in [-0.4, -0.2) is 9.78 Å². The second-order valence-corrected chi connectivity index (χ2v) is 5.65. The molecule has 4 heteroatoms. The highest BCUT2D eigenvalue weighted by Crippen LogP contribution is 2.46. The zero-order chi connectivity index (χ0) is 11.1. The van der Waals surface area contributed by atoms with Crippen LogP contribution in [0, 0.1) is 11.8 Å². The number of rotatable bonds is 2. The van der Waals surface area contributed by atoms with E-state index in [1.807, 2.05) is 4.68 Å². The van der Waals surface area contributed by atoms with Gasteiger partial charge in [-0.25, -0.2) is 4.68 Å². The molecule has 3 nitrogen and oxygen atoms in total. The predicted octanol–water partition coefficient (Wildman–Crippen LogP) is 3.26. The third kappa shape index (κ3) is 1.81. The lowest BCUT2D eigenvalue weighted by molar-refractivity contribution is 0.234. The Balaban J connectivity index is 1.76. The van der Waals surface area contributed by atoms with Gasteiger partial charge >= 0.3 is 0 Å². The maximum atomic E-state index is 5.95. The lowest BCUT2D eigenvalue weighted by Gasteiger charge is -2.29. The molecule has 0 aliphatic heterocycles. The molecular formula is C12H18ClN3. The van der Waals surface area contributed by atoms with Crippen molar-refractivity contribution in [3.63, 3.8) is 0 Å². The molecule has 0 amide bonds. The van der Waals surface area contributed by atoms with Crippen LogP contribution in [0.3, 0.4) is 0 Å². The van der Waals surface area contributed by atoms with Crippen LogP contribution >= 0.6 is 11.6 Å². The summed E-state index contributed by atoms with van der Waals surface area (Å²) in [6.07, 6.45) is 9.69. The van der Waals surface area contributed by atoms with E-state index in [1.165, 1.54) is 38.5 Å². The third-order valence-corrected chi connectivity index (χ3v) is 4.40. The Morgan fingerprint density at radius 1 is 1.25 bits per heavy atom. The molecule has 2 aliphatic rings. The van der Waals surface area contributed by atoms with Crippen molar-refractivity contribution in [1.29, 1.82) is 0 Å².